The summed E-state index contributed by atoms with van der Waals surface area (Å²) in [5, 5.41) is 12.1. The fourth-order valence-electron chi connectivity index (χ4n) is 5.30. The average molecular weight is 405 g/mol. The lowest BCUT2D eigenvalue weighted by Gasteiger charge is -2.30. The Morgan fingerprint density at radius 2 is 1.97 bits per heavy atom. The second kappa shape index (κ2) is 7.64. The Hall–Kier alpha value is -2.50. The number of hydrogen-bond acceptors (Lipinski definition) is 4. The molecular weight excluding hydrogens is 376 g/mol. The van der Waals surface area contributed by atoms with Gasteiger partial charge in [-0.05, 0) is 81.6 Å². The van der Waals surface area contributed by atoms with Crippen LogP contribution in [0.3, 0.4) is 0 Å². The number of aromatic nitrogens is 1. The van der Waals surface area contributed by atoms with Crippen LogP contribution in [-0.2, 0) is 13.0 Å². The molecule has 0 bridgehead atoms. The Bertz CT molecular complexity index is 1160. The Balaban J connectivity index is 1.55. The largest absolute Gasteiger partial charge is 0.392 e. The van der Waals surface area contributed by atoms with Gasteiger partial charge in [-0.1, -0.05) is 0 Å². The molecule has 5 heteroatoms. The molecule has 0 saturated carbocycles. The van der Waals surface area contributed by atoms with Gasteiger partial charge >= 0.3 is 0 Å². The first-order valence-corrected chi connectivity index (χ1v) is 11.1. The molecule has 1 N–H and O–H groups in total. The molecule has 2 aliphatic rings. The third kappa shape index (κ3) is 3.26. The quantitative estimate of drug-likeness (QED) is 0.654. The molecule has 30 heavy (non-hydrogen) atoms. The molecule has 5 nitrogen and oxygen atoms in total. The molecule has 1 aromatic heterocycles. The topological polar surface area (TPSA) is 62.5 Å². The highest BCUT2D eigenvalue weighted by atomic mass is 16.3. The molecule has 2 aromatic carbocycles. The van der Waals surface area contributed by atoms with Gasteiger partial charge in [0.15, 0.2) is 11.6 Å². The van der Waals surface area contributed by atoms with E-state index in [1.165, 1.54) is 0 Å². The van der Waals surface area contributed by atoms with E-state index in [2.05, 4.69) is 21.6 Å². The van der Waals surface area contributed by atoms with Gasteiger partial charge in [-0.15, -0.1) is 0 Å². The summed E-state index contributed by atoms with van der Waals surface area (Å²) in [7, 11) is 0. The van der Waals surface area contributed by atoms with E-state index in [9.17, 15) is 14.7 Å². The van der Waals surface area contributed by atoms with E-state index >= 15 is 0 Å². The second-order valence-corrected chi connectivity index (χ2v) is 8.80. The maximum Gasteiger partial charge on any atom is 0.163 e. The molecule has 156 valence electrons. The first kappa shape index (κ1) is 19.5. The summed E-state index contributed by atoms with van der Waals surface area (Å²) in [6.45, 7) is 5.26. The third-order valence-corrected chi connectivity index (χ3v) is 6.78. The number of benzene rings is 2. The number of piperidine rings is 1. The number of carbonyl (C=O) groups is 2. The summed E-state index contributed by atoms with van der Waals surface area (Å²) in [4.78, 5) is 26.7. The van der Waals surface area contributed by atoms with Gasteiger partial charge in [0.05, 0.1) is 6.10 Å². The molecule has 0 radical (unpaired) electrons. The van der Waals surface area contributed by atoms with Gasteiger partial charge in [0.1, 0.15) is 0 Å². The lowest BCUT2D eigenvalue weighted by atomic mass is 10.0. The van der Waals surface area contributed by atoms with Crippen LogP contribution in [0.2, 0.25) is 0 Å². The van der Waals surface area contributed by atoms with Crippen molar-refractivity contribution in [2.45, 2.75) is 51.7 Å². The summed E-state index contributed by atoms with van der Waals surface area (Å²) in [6.07, 6.45) is 4.12. The van der Waals surface area contributed by atoms with E-state index in [4.69, 9.17) is 0 Å². The SMILES string of the molecule is CC(=O)c1ccc2c(c1)c1c3c(ccc1n2CCCN1CCCC(O)C1)C(=O)CC3. The number of ketones is 2. The maximum absolute atomic E-state index is 12.3. The number of carbonyl (C=O) groups excluding carboxylic acids is 2. The molecule has 0 amide bonds. The van der Waals surface area contributed by atoms with Crippen molar-refractivity contribution in [3.8, 4) is 0 Å². The van der Waals surface area contributed by atoms with Crippen LogP contribution in [0, 0.1) is 0 Å². The Kier molecular flexibility index (Phi) is 4.95. The van der Waals surface area contributed by atoms with Crippen LogP contribution in [-0.4, -0.2) is 51.9 Å². The minimum atomic E-state index is -0.197. The number of Topliss-reactive ketones (excluding diaryl/α,β-unsaturated/α-hetero) is 2. The number of likely N-dealkylation sites (tertiary alicyclic amines) is 1. The maximum atomic E-state index is 12.3. The summed E-state index contributed by atoms with van der Waals surface area (Å²) in [5.74, 6) is 0.282. The van der Waals surface area contributed by atoms with Crippen molar-refractivity contribution < 1.29 is 14.7 Å². The number of aliphatic hydroxyl groups is 1. The molecule has 0 spiro atoms. The Morgan fingerprint density at radius 1 is 1.13 bits per heavy atom. The first-order valence-electron chi connectivity index (χ1n) is 11.1. The number of fused-ring (bicyclic) bond motifs is 5. The van der Waals surface area contributed by atoms with Gasteiger partial charge in [0, 0.05) is 52.4 Å². The van der Waals surface area contributed by atoms with Crippen LogP contribution in [0.4, 0.5) is 0 Å². The monoisotopic (exact) mass is 404 g/mol. The zero-order valence-corrected chi connectivity index (χ0v) is 17.5. The standard InChI is InChI=1S/C25H28N2O3/c1-16(28)17-5-8-22-21(14-17)25-20-7-10-24(30)19(20)6-9-23(25)27(22)13-3-12-26-11-2-4-18(29)15-26/h5-6,8-9,14,18,29H,2-4,7,10-13,15H2,1H3. The Morgan fingerprint density at radius 3 is 2.77 bits per heavy atom. The molecule has 1 fully saturated rings. The number of nitrogens with zero attached hydrogens (tertiary/aromatic N) is 2. The highest BCUT2D eigenvalue weighted by Crippen LogP contribution is 2.37. The first-order chi connectivity index (χ1) is 14.5. The molecule has 3 aromatic rings. The van der Waals surface area contributed by atoms with Crippen LogP contribution in [0.5, 0.6) is 0 Å². The van der Waals surface area contributed by atoms with Crippen molar-refractivity contribution in [2.75, 3.05) is 19.6 Å². The second-order valence-electron chi connectivity index (χ2n) is 8.80. The number of hydrogen-bond donors (Lipinski definition) is 1. The zero-order valence-electron chi connectivity index (χ0n) is 17.5. The average Bonchev–Trinajstić information content (AvgIpc) is 3.26. The number of β-amino-alcohol motifs (C(OH)–C–C–N with tert-alkyl or cyclic N) is 1. The van der Waals surface area contributed by atoms with Gasteiger partial charge in [0.2, 0.25) is 0 Å². The van der Waals surface area contributed by atoms with Gasteiger partial charge in [-0.3, -0.25) is 9.59 Å². The van der Waals surface area contributed by atoms with Gasteiger partial charge < -0.3 is 14.6 Å². The van der Waals surface area contributed by atoms with Crippen LogP contribution >= 0.6 is 0 Å². The minimum absolute atomic E-state index is 0.0603. The van der Waals surface area contributed by atoms with E-state index in [0.717, 1.165) is 84.8 Å². The molecule has 5 rings (SSSR count). The van der Waals surface area contributed by atoms with Crippen LogP contribution in [0.15, 0.2) is 30.3 Å². The molecule has 1 atom stereocenters. The van der Waals surface area contributed by atoms with Crippen molar-refractivity contribution in [1.29, 1.82) is 0 Å². The fraction of sp³-hybridized carbons (Fsp3) is 0.440. The fourth-order valence-corrected chi connectivity index (χ4v) is 5.30. The molecule has 1 aliphatic heterocycles. The smallest absolute Gasteiger partial charge is 0.163 e. The summed E-state index contributed by atoms with van der Waals surface area (Å²) in [6, 6.07) is 10.0. The van der Waals surface area contributed by atoms with E-state index < -0.39 is 0 Å². The molecule has 2 heterocycles. The summed E-state index contributed by atoms with van der Waals surface area (Å²) >= 11 is 0. The Labute approximate surface area is 176 Å². The van der Waals surface area contributed by atoms with E-state index in [0.29, 0.717) is 12.0 Å². The van der Waals surface area contributed by atoms with Crippen molar-refractivity contribution in [3.05, 3.63) is 47.0 Å². The molecule has 1 saturated heterocycles. The minimum Gasteiger partial charge on any atom is -0.392 e. The molecule has 1 unspecified atom stereocenters. The predicted octanol–water partition coefficient (Wildman–Crippen LogP) is 3.97. The predicted molar refractivity (Wildman–Crippen MR) is 118 cm³/mol. The van der Waals surface area contributed by atoms with Gasteiger partial charge in [0.25, 0.3) is 0 Å². The molecular formula is C25H28N2O3. The number of rotatable bonds is 5. The van der Waals surface area contributed by atoms with Crippen LogP contribution < -0.4 is 0 Å². The van der Waals surface area contributed by atoms with Crippen molar-refractivity contribution >= 4 is 33.4 Å². The number of aliphatic hydroxyl groups excluding tert-OH is 1. The summed E-state index contributed by atoms with van der Waals surface area (Å²) < 4.78 is 2.35. The zero-order chi connectivity index (χ0) is 20.8. The summed E-state index contributed by atoms with van der Waals surface area (Å²) in [5.41, 5.74) is 4.98. The molecule has 1 aliphatic carbocycles. The van der Waals surface area contributed by atoms with E-state index in [-0.39, 0.29) is 17.7 Å². The normalized spacial score (nSPS) is 19.7. The number of aryl methyl sites for hydroxylation is 2. The van der Waals surface area contributed by atoms with Crippen molar-refractivity contribution in [3.63, 3.8) is 0 Å². The van der Waals surface area contributed by atoms with Gasteiger partial charge in [-0.2, -0.15) is 0 Å². The van der Waals surface area contributed by atoms with Gasteiger partial charge in [-0.25, -0.2) is 0 Å². The van der Waals surface area contributed by atoms with Crippen molar-refractivity contribution in [2.24, 2.45) is 0 Å². The van der Waals surface area contributed by atoms with Crippen molar-refractivity contribution in [1.82, 2.24) is 9.47 Å². The third-order valence-electron chi connectivity index (χ3n) is 6.78. The lowest BCUT2D eigenvalue weighted by Crippen LogP contribution is -2.38. The highest BCUT2D eigenvalue weighted by molar-refractivity contribution is 6.16. The highest BCUT2D eigenvalue weighted by Gasteiger charge is 2.25. The van der Waals surface area contributed by atoms with Crippen LogP contribution in [0.1, 0.15) is 58.9 Å². The van der Waals surface area contributed by atoms with E-state index in [1.54, 1.807) is 6.92 Å². The lowest BCUT2D eigenvalue weighted by molar-refractivity contribution is 0.0696. The van der Waals surface area contributed by atoms with E-state index in [1.807, 2.05) is 18.2 Å². The van der Waals surface area contributed by atoms with Crippen LogP contribution in [0.25, 0.3) is 21.8 Å².